The summed E-state index contributed by atoms with van der Waals surface area (Å²) in [5.41, 5.74) is 0. The van der Waals surface area contributed by atoms with E-state index in [1.807, 2.05) is 36.1 Å². The highest BCUT2D eigenvalue weighted by molar-refractivity contribution is 8.00. The minimum Gasteiger partial charge on any atom is -0.497 e. The number of benzene rings is 1. The number of methoxy groups -OCH3 is 1. The van der Waals surface area contributed by atoms with Gasteiger partial charge in [0, 0.05) is 29.9 Å². The molecular formula is C19H26N2O3S. The molecule has 136 valence electrons. The van der Waals surface area contributed by atoms with Crippen LogP contribution >= 0.6 is 11.8 Å². The quantitative estimate of drug-likeness (QED) is 0.791. The van der Waals surface area contributed by atoms with Gasteiger partial charge in [0.2, 0.25) is 11.8 Å². The van der Waals surface area contributed by atoms with Crippen molar-refractivity contribution in [2.45, 2.75) is 48.8 Å². The van der Waals surface area contributed by atoms with Gasteiger partial charge < -0.3 is 15.0 Å². The second-order valence-corrected chi connectivity index (χ2v) is 8.23. The SMILES string of the molecule is COc1ccc(S[C@@H](C)C(=O)N2CCC(NC(=O)C3CC3)CC2)cc1. The van der Waals surface area contributed by atoms with Gasteiger partial charge in [0.1, 0.15) is 5.75 Å². The van der Waals surface area contributed by atoms with Crippen molar-refractivity contribution >= 4 is 23.6 Å². The topological polar surface area (TPSA) is 58.6 Å². The number of nitrogens with zero attached hydrogens (tertiary/aromatic N) is 1. The molecule has 1 aromatic carbocycles. The summed E-state index contributed by atoms with van der Waals surface area (Å²) in [6, 6.07) is 8.00. The number of hydrogen-bond acceptors (Lipinski definition) is 4. The number of rotatable bonds is 6. The first kappa shape index (κ1) is 18.1. The average molecular weight is 362 g/mol. The average Bonchev–Trinajstić information content (AvgIpc) is 3.47. The van der Waals surface area contributed by atoms with E-state index in [0.717, 1.165) is 49.4 Å². The third-order valence-corrected chi connectivity index (χ3v) is 5.92. The zero-order valence-corrected chi connectivity index (χ0v) is 15.7. The molecule has 1 saturated carbocycles. The molecule has 2 aliphatic rings. The summed E-state index contributed by atoms with van der Waals surface area (Å²) in [5.74, 6) is 1.44. The molecular weight excluding hydrogens is 336 g/mol. The van der Waals surface area contributed by atoms with Gasteiger partial charge in [-0.25, -0.2) is 0 Å². The van der Waals surface area contributed by atoms with E-state index in [1.54, 1.807) is 18.9 Å². The number of nitrogens with one attached hydrogen (secondary N) is 1. The molecule has 1 aliphatic carbocycles. The van der Waals surface area contributed by atoms with Gasteiger partial charge in [-0.15, -0.1) is 11.8 Å². The van der Waals surface area contributed by atoms with E-state index in [-0.39, 0.29) is 29.0 Å². The maximum absolute atomic E-state index is 12.7. The molecule has 0 unspecified atom stereocenters. The van der Waals surface area contributed by atoms with Crippen molar-refractivity contribution in [1.82, 2.24) is 10.2 Å². The number of likely N-dealkylation sites (tertiary alicyclic amines) is 1. The van der Waals surface area contributed by atoms with Crippen LogP contribution in [0.3, 0.4) is 0 Å². The molecule has 1 saturated heterocycles. The van der Waals surface area contributed by atoms with Crippen molar-refractivity contribution in [2.24, 2.45) is 5.92 Å². The van der Waals surface area contributed by atoms with Crippen LogP contribution in [0.1, 0.15) is 32.6 Å². The highest BCUT2D eigenvalue weighted by Crippen LogP contribution is 2.30. The molecule has 0 spiro atoms. The summed E-state index contributed by atoms with van der Waals surface area (Å²) in [5, 5.41) is 3.01. The second kappa shape index (κ2) is 8.13. The van der Waals surface area contributed by atoms with E-state index in [4.69, 9.17) is 4.74 Å². The van der Waals surface area contributed by atoms with E-state index >= 15 is 0 Å². The molecule has 1 aromatic rings. The summed E-state index contributed by atoms with van der Waals surface area (Å²) in [4.78, 5) is 27.5. The fourth-order valence-electron chi connectivity index (χ4n) is 3.07. The van der Waals surface area contributed by atoms with Crippen LogP contribution in [0, 0.1) is 5.92 Å². The van der Waals surface area contributed by atoms with Crippen molar-refractivity contribution in [3.8, 4) is 5.75 Å². The van der Waals surface area contributed by atoms with E-state index < -0.39 is 0 Å². The Hall–Kier alpha value is -1.69. The van der Waals surface area contributed by atoms with Gasteiger partial charge in [0.25, 0.3) is 0 Å². The predicted molar refractivity (Wildman–Crippen MR) is 98.8 cm³/mol. The molecule has 2 amide bonds. The lowest BCUT2D eigenvalue weighted by atomic mass is 10.0. The first-order valence-corrected chi connectivity index (χ1v) is 9.84. The van der Waals surface area contributed by atoms with Crippen LogP contribution < -0.4 is 10.1 Å². The lowest BCUT2D eigenvalue weighted by Gasteiger charge is -2.33. The van der Waals surface area contributed by atoms with E-state index in [2.05, 4.69) is 5.32 Å². The number of thioether (sulfide) groups is 1. The molecule has 3 rings (SSSR count). The Kier molecular flexibility index (Phi) is 5.89. The monoisotopic (exact) mass is 362 g/mol. The zero-order chi connectivity index (χ0) is 17.8. The second-order valence-electron chi connectivity index (χ2n) is 6.82. The molecule has 2 fully saturated rings. The molecule has 0 radical (unpaired) electrons. The Morgan fingerprint density at radius 1 is 1.16 bits per heavy atom. The third kappa shape index (κ3) is 4.91. The van der Waals surface area contributed by atoms with Crippen molar-refractivity contribution in [2.75, 3.05) is 20.2 Å². The largest absolute Gasteiger partial charge is 0.497 e. The minimum atomic E-state index is -0.119. The van der Waals surface area contributed by atoms with Gasteiger partial charge in [-0.1, -0.05) is 0 Å². The zero-order valence-electron chi connectivity index (χ0n) is 14.9. The van der Waals surface area contributed by atoms with Gasteiger partial charge in [-0.05, 0) is 56.9 Å². The Labute approximate surface area is 153 Å². The summed E-state index contributed by atoms with van der Waals surface area (Å²) in [6.07, 6.45) is 3.76. The maximum Gasteiger partial charge on any atom is 0.235 e. The van der Waals surface area contributed by atoms with Gasteiger partial charge in [0.15, 0.2) is 0 Å². The lowest BCUT2D eigenvalue weighted by molar-refractivity contribution is -0.131. The van der Waals surface area contributed by atoms with Crippen molar-refractivity contribution in [1.29, 1.82) is 0 Å². The standard InChI is InChI=1S/C19H26N2O3S/c1-13(25-17-7-5-16(24-2)6-8-17)19(23)21-11-9-15(10-12-21)20-18(22)14-3-4-14/h5-8,13-15H,3-4,9-12H2,1-2H3,(H,20,22)/t13-/m0/s1. The number of ether oxygens (including phenoxy) is 1. The molecule has 1 aliphatic heterocycles. The molecule has 1 atom stereocenters. The van der Waals surface area contributed by atoms with Crippen molar-refractivity contribution in [3.05, 3.63) is 24.3 Å². The van der Waals surface area contributed by atoms with Gasteiger partial charge in [-0.2, -0.15) is 0 Å². The third-order valence-electron chi connectivity index (χ3n) is 4.82. The van der Waals surface area contributed by atoms with Crippen molar-refractivity contribution < 1.29 is 14.3 Å². The predicted octanol–water partition coefficient (Wildman–Crippen LogP) is 2.69. The number of amides is 2. The minimum absolute atomic E-state index is 0.119. The summed E-state index contributed by atoms with van der Waals surface area (Å²) < 4.78 is 5.16. The number of carbonyl (C=O) groups excluding carboxylic acids is 2. The van der Waals surface area contributed by atoms with Crippen LogP contribution in [0.2, 0.25) is 0 Å². The number of piperidine rings is 1. The molecule has 0 aromatic heterocycles. The van der Waals surface area contributed by atoms with E-state index in [0.29, 0.717) is 0 Å². The fourth-order valence-corrected chi connectivity index (χ4v) is 4.03. The van der Waals surface area contributed by atoms with Crippen LogP contribution in [0.15, 0.2) is 29.2 Å². The molecule has 0 bridgehead atoms. The molecule has 1 heterocycles. The Morgan fingerprint density at radius 2 is 1.80 bits per heavy atom. The maximum atomic E-state index is 12.7. The summed E-state index contributed by atoms with van der Waals surface area (Å²) >= 11 is 1.57. The van der Waals surface area contributed by atoms with E-state index in [9.17, 15) is 9.59 Å². The van der Waals surface area contributed by atoms with Crippen LogP contribution in [0.25, 0.3) is 0 Å². The van der Waals surface area contributed by atoms with E-state index in [1.165, 1.54) is 0 Å². The highest BCUT2D eigenvalue weighted by atomic mass is 32.2. The number of hydrogen-bond donors (Lipinski definition) is 1. The van der Waals surface area contributed by atoms with Gasteiger partial charge in [0.05, 0.1) is 12.4 Å². The lowest BCUT2D eigenvalue weighted by Crippen LogP contribution is -2.48. The van der Waals surface area contributed by atoms with Gasteiger partial charge in [-0.3, -0.25) is 9.59 Å². The van der Waals surface area contributed by atoms with Gasteiger partial charge >= 0.3 is 0 Å². The Balaban J connectivity index is 1.45. The molecule has 5 nitrogen and oxygen atoms in total. The van der Waals surface area contributed by atoms with Crippen LogP contribution in [0.4, 0.5) is 0 Å². The van der Waals surface area contributed by atoms with Crippen LogP contribution in [-0.4, -0.2) is 48.2 Å². The molecule has 25 heavy (non-hydrogen) atoms. The molecule has 1 N–H and O–H groups in total. The molecule has 6 heteroatoms. The first-order chi connectivity index (χ1) is 12.1. The smallest absolute Gasteiger partial charge is 0.235 e. The first-order valence-electron chi connectivity index (χ1n) is 8.96. The number of carbonyl (C=O) groups is 2. The highest BCUT2D eigenvalue weighted by Gasteiger charge is 2.32. The van der Waals surface area contributed by atoms with Crippen LogP contribution in [0.5, 0.6) is 5.75 Å². The van der Waals surface area contributed by atoms with Crippen molar-refractivity contribution in [3.63, 3.8) is 0 Å². The Bertz CT molecular complexity index is 608. The Morgan fingerprint density at radius 3 is 2.36 bits per heavy atom. The van der Waals surface area contributed by atoms with Crippen LogP contribution in [-0.2, 0) is 9.59 Å². The summed E-state index contributed by atoms with van der Waals surface area (Å²) in [7, 11) is 1.64. The summed E-state index contributed by atoms with van der Waals surface area (Å²) in [6.45, 7) is 3.40. The normalized spacial score (nSPS) is 19.4. The fraction of sp³-hybridized carbons (Fsp3) is 0.579.